The number of nitrogens with zero attached hydrogens (tertiary/aromatic N) is 1. The number of pyridine rings is 1. The van der Waals surface area contributed by atoms with E-state index in [9.17, 15) is 4.39 Å². The number of hydrogen-bond donors (Lipinski definition) is 1. The molecule has 1 unspecified atom stereocenters. The predicted molar refractivity (Wildman–Crippen MR) is 91.5 cm³/mol. The second-order valence-electron chi connectivity index (χ2n) is 5.68. The molecule has 2 N–H and O–H groups in total. The summed E-state index contributed by atoms with van der Waals surface area (Å²) in [6, 6.07) is 20.6. The maximum Gasteiger partial charge on any atom is 0.123 e. The molecule has 0 aliphatic heterocycles. The SMILES string of the molecule is NC(Cc1ccccc1)Cc1cccnc1-c1cccc(F)c1. The van der Waals surface area contributed by atoms with Gasteiger partial charge in [-0.15, -0.1) is 0 Å². The highest BCUT2D eigenvalue weighted by Crippen LogP contribution is 2.23. The molecule has 0 amide bonds. The van der Waals surface area contributed by atoms with E-state index in [0.717, 1.165) is 23.2 Å². The first-order valence-electron chi connectivity index (χ1n) is 7.72. The minimum atomic E-state index is -0.257. The lowest BCUT2D eigenvalue weighted by molar-refractivity contribution is 0.628. The van der Waals surface area contributed by atoms with Crippen LogP contribution in [0.4, 0.5) is 4.39 Å². The fraction of sp³-hybridized carbons (Fsp3) is 0.150. The molecule has 1 heterocycles. The summed E-state index contributed by atoms with van der Waals surface area (Å²) in [5.74, 6) is -0.257. The number of halogens is 1. The Hall–Kier alpha value is -2.52. The highest BCUT2D eigenvalue weighted by atomic mass is 19.1. The van der Waals surface area contributed by atoms with E-state index >= 15 is 0 Å². The maximum atomic E-state index is 13.5. The second-order valence-corrected chi connectivity index (χ2v) is 5.68. The van der Waals surface area contributed by atoms with Crippen molar-refractivity contribution in [1.29, 1.82) is 0 Å². The molecule has 1 aromatic heterocycles. The summed E-state index contributed by atoms with van der Waals surface area (Å²) in [6.07, 6.45) is 3.24. The molecular formula is C20H19FN2. The quantitative estimate of drug-likeness (QED) is 0.774. The molecule has 2 nitrogen and oxygen atoms in total. The van der Waals surface area contributed by atoms with Gasteiger partial charge in [0.05, 0.1) is 5.69 Å². The predicted octanol–water partition coefficient (Wildman–Crippen LogP) is 4.00. The summed E-state index contributed by atoms with van der Waals surface area (Å²) in [5, 5.41) is 0. The van der Waals surface area contributed by atoms with E-state index < -0.39 is 0 Å². The van der Waals surface area contributed by atoms with Crippen LogP contribution < -0.4 is 5.73 Å². The zero-order chi connectivity index (χ0) is 16.1. The summed E-state index contributed by atoms with van der Waals surface area (Å²) in [4.78, 5) is 4.43. The molecule has 2 aromatic carbocycles. The molecular weight excluding hydrogens is 287 g/mol. The molecule has 116 valence electrons. The topological polar surface area (TPSA) is 38.9 Å². The van der Waals surface area contributed by atoms with Gasteiger partial charge in [-0.3, -0.25) is 4.98 Å². The van der Waals surface area contributed by atoms with Gasteiger partial charge >= 0.3 is 0 Å². The number of rotatable bonds is 5. The standard InChI is InChI=1S/C20H19FN2/c21-18-10-4-8-16(13-18)20-17(9-5-11-23-20)14-19(22)12-15-6-2-1-3-7-15/h1-11,13,19H,12,14,22H2. The molecule has 0 fully saturated rings. The Kier molecular flexibility index (Phi) is 4.79. The highest BCUT2D eigenvalue weighted by Gasteiger charge is 2.11. The lowest BCUT2D eigenvalue weighted by Gasteiger charge is -2.14. The van der Waals surface area contributed by atoms with Crippen LogP contribution in [0.1, 0.15) is 11.1 Å². The zero-order valence-electron chi connectivity index (χ0n) is 12.8. The van der Waals surface area contributed by atoms with Crippen molar-refractivity contribution in [2.24, 2.45) is 5.73 Å². The minimum Gasteiger partial charge on any atom is -0.327 e. The van der Waals surface area contributed by atoms with Crippen molar-refractivity contribution in [3.8, 4) is 11.3 Å². The van der Waals surface area contributed by atoms with E-state index in [1.807, 2.05) is 36.4 Å². The number of aromatic nitrogens is 1. The first-order chi connectivity index (χ1) is 11.2. The lowest BCUT2D eigenvalue weighted by atomic mass is 9.96. The average molecular weight is 306 g/mol. The van der Waals surface area contributed by atoms with E-state index in [1.54, 1.807) is 12.3 Å². The van der Waals surface area contributed by atoms with Crippen LogP contribution in [0.15, 0.2) is 72.9 Å². The first kappa shape index (κ1) is 15.4. The van der Waals surface area contributed by atoms with Gasteiger partial charge in [-0.05, 0) is 42.2 Å². The van der Waals surface area contributed by atoms with Crippen LogP contribution in [0.2, 0.25) is 0 Å². The Balaban J connectivity index is 1.81. The molecule has 23 heavy (non-hydrogen) atoms. The van der Waals surface area contributed by atoms with Crippen molar-refractivity contribution in [2.45, 2.75) is 18.9 Å². The summed E-state index contributed by atoms with van der Waals surface area (Å²) in [7, 11) is 0. The van der Waals surface area contributed by atoms with E-state index in [0.29, 0.717) is 6.42 Å². The highest BCUT2D eigenvalue weighted by molar-refractivity contribution is 5.63. The van der Waals surface area contributed by atoms with Gasteiger partial charge in [0.25, 0.3) is 0 Å². The smallest absolute Gasteiger partial charge is 0.123 e. The number of benzene rings is 2. The largest absolute Gasteiger partial charge is 0.327 e. The summed E-state index contributed by atoms with van der Waals surface area (Å²) in [6.45, 7) is 0. The van der Waals surface area contributed by atoms with Crippen LogP contribution in [0.25, 0.3) is 11.3 Å². The van der Waals surface area contributed by atoms with Gasteiger partial charge in [0.2, 0.25) is 0 Å². The Bertz CT molecular complexity index is 771. The van der Waals surface area contributed by atoms with Gasteiger partial charge in [-0.1, -0.05) is 48.5 Å². The molecule has 3 heteroatoms. The van der Waals surface area contributed by atoms with Gasteiger partial charge in [-0.25, -0.2) is 4.39 Å². The van der Waals surface area contributed by atoms with Crippen LogP contribution in [0.3, 0.4) is 0 Å². The molecule has 0 bridgehead atoms. The maximum absolute atomic E-state index is 13.5. The molecule has 1 atom stereocenters. The zero-order valence-corrected chi connectivity index (χ0v) is 12.8. The first-order valence-corrected chi connectivity index (χ1v) is 7.72. The van der Waals surface area contributed by atoms with Crippen LogP contribution in [-0.2, 0) is 12.8 Å². The molecule has 0 aliphatic carbocycles. The molecule has 0 radical (unpaired) electrons. The fourth-order valence-electron chi connectivity index (χ4n) is 2.77. The number of hydrogen-bond acceptors (Lipinski definition) is 2. The Morgan fingerprint density at radius 1 is 0.913 bits per heavy atom. The third-order valence-corrected chi connectivity index (χ3v) is 3.81. The fourth-order valence-corrected chi connectivity index (χ4v) is 2.77. The van der Waals surface area contributed by atoms with Crippen molar-refractivity contribution in [3.63, 3.8) is 0 Å². The van der Waals surface area contributed by atoms with Gasteiger partial charge in [0.15, 0.2) is 0 Å². The van der Waals surface area contributed by atoms with Gasteiger partial charge in [0, 0.05) is 17.8 Å². The minimum absolute atomic E-state index is 0.00564. The molecule has 0 spiro atoms. The molecule has 0 saturated carbocycles. The van der Waals surface area contributed by atoms with E-state index in [2.05, 4.69) is 17.1 Å². The van der Waals surface area contributed by atoms with E-state index in [4.69, 9.17) is 5.73 Å². The third kappa shape index (κ3) is 4.02. The van der Waals surface area contributed by atoms with Crippen molar-refractivity contribution in [1.82, 2.24) is 4.98 Å². The van der Waals surface area contributed by atoms with Gasteiger partial charge < -0.3 is 5.73 Å². The molecule has 3 aromatic rings. The van der Waals surface area contributed by atoms with Crippen molar-refractivity contribution in [3.05, 3.63) is 89.9 Å². The lowest BCUT2D eigenvalue weighted by Crippen LogP contribution is -2.25. The third-order valence-electron chi connectivity index (χ3n) is 3.81. The van der Waals surface area contributed by atoms with E-state index in [1.165, 1.54) is 17.7 Å². The normalized spacial score (nSPS) is 12.1. The average Bonchev–Trinajstić information content (AvgIpc) is 2.56. The van der Waals surface area contributed by atoms with Crippen molar-refractivity contribution >= 4 is 0 Å². The van der Waals surface area contributed by atoms with Crippen molar-refractivity contribution < 1.29 is 4.39 Å². The van der Waals surface area contributed by atoms with Crippen LogP contribution in [-0.4, -0.2) is 11.0 Å². The van der Waals surface area contributed by atoms with Gasteiger partial charge in [0.1, 0.15) is 5.82 Å². The van der Waals surface area contributed by atoms with Crippen LogP contribution in [0, 0.1) is 5.82 Å². The van der Waals surface area contributed by atoms with E-state index in [-0.39, 0.29) is 11.9 Å². The van der Waals surface area contributed by atoms with Crippen LogP contribution >= 0.6 is 0 Å². The second kappa shape index (κ2) is 7.16. The summed E-state index contributed by atoms with van der Waals surface area (Å²) in [5.41, 5.74) is 10.2. The molecule has 0 saturated heterocycles. The van der Waals surface area contributed by atoms with Gasteiger partial charge in [-0.2, -0.15) is 0 Å². The Morgan fingerprint density at radius 3 is 2.52 bits per heavy atom. The van der Waals surface area contributed by atoms with Crippen molar-refractivity contribution in [2.75, 3.05) is 0 Å². The molecule has 0 aliphatic rings. The summed E-state index contributed by atoms with van der Waals surface area (Å²) < 4.78 is 13.5. The Labute approximate surface area is 135 Å². The Morgan fingerprint density at radius 2 is 1.74 bits per heavy atom. The monoisotopic (exact) mass is 306 g/mol. The molecule has 3 rings (SSSR count). The number of nitrogens with two attached hydrogens (primary N) is 1. The summed E-state index contributed by atoms with van der Waals surface area (Å²) >= 11 is 0. The van der Waals surface area contributed by atoms with Crippen LogP contribution in [0.5, 0.6) is 0 Å².